The third-order valence-electron chi connectivity index (χ3n) is 4.96. The summed E-state index contributed by atoms with van der Waals surface area (Å²) in [5, 5.41) is 6.73. The van der Waals surface area contributed by atoms with Crippen molar-refractivity contribution < 1.29 is 23.7 Å². The van der Waals surface area contributed by atoms with E-state index < -0.39 is 0 Å². The highest BCUT2D eigenvalue weighted by Gasteiger charge is 2.16. The second-order valence-corrected chi connectivity index (χ2v) is 6.73. The molecule has 2 N–H and O–H groups in total. The van der Waals surface area contributed by atoms with E-state index in [0.29, 0.717) is 24.7 Å². The Morgan fingerprint density at radius 3 is 1.97 bits per heavy atom. The number of methoxy groups -OCH3 is 5. The van der Waals surface area contributed by atoms with E-state index in [2.05, 4.69) is 15.6 Å². The predicted octanol–water partition coefficient (Wildman–Crippen LogP) is 3.20. The van der Waals surface area contributed by atoms with Gasteiger partial charge >= 0.3 is 0 Å². The highest BCUT2D eigenvalue weighted by molar-refractivity contribution is 5.80. The van der Waals surface area contributed by atoms with Gasteiger partial charge in [-0.3, -0.25) is 4.99 Å². The lowest BCUT2D eigenvalue weighted by Gasteiger charge is -2.21. The molecule has 31 heavy (non-hydrogen) atoms. The number of benzene rings is 2. The van der Waals surface area contributed by atoms with Crippen LogP contribution < -0.4 is 34.3 Å². The molecule has 8 heteroatoms. The lowest BCUT2D eigenvalue weighted by Crippen LogP contribution is -2.39. The van der Waals surface area contributed by atoms with E-state index in [-0.39, 0.29) is 6.04 Å². The van der Waals surface area contributed by atoms with Crippen molar-refractivity contribution in [1.82, 2.24) is 10.6 Å². The van der Waals surface area contributed by atoms with E-state index in [0.717, 1.165) is 34.1 Å². The van der Waals surface area contributed by atoms with Gasteiger partial charge in [-0.05, 0) is 31.5 Å². The van der Waals surface area contributed by atoms with Gasteiger partial charge in [0.2, 0.25) is 0 Å². The van der Waals surface area contributed by atoms with Gasteiger partial charge in [0, 0.05) is 36.9 Å². The van der Waals surface area contributed by atoms with Crippen LogP contribution in [0.3, 0.4) is 0 Å². The maximum Gasteiger partial charge on any atom is 0.191 e. The van der Waals surface area contributed by atoms with Crippen molar-refractivity contribution in [2.45, 2.75) is 19.4 Å². The van der Waals surface area contributed by atoms with Crippen molar-refractivity contribution in [3.05, 3.63) is 41.5 Å². The molecule has 0 bridgehead atoms. The van der Waals surface area contributed by atoms with Crippen molar-refractivity contribution in [2.75, 3.05) is 49.1 Å². The summed E-state index contributed by atoms with van der Waals surface area (Å²) in [6.07, 6.45) is 0.675. The Labute approximate surface area is 184 Å². The van der Waals surface area contributed by atoms with E-state index >= 15 is 0 Å². The lowest BCUT2D eigenvalue weighted by molar-refractivity contribution is 0.368. The van der Waals surface area contributed by atoms with Crippen molar-refractivity contribution >= 4 is 5.96 Å². The van der Waals surface area contributed by atoms with Crippen LogP contribution >= 0.6 is 0 Å². The monoisotopic (exact) mass is 431 g/mol. The normalized spacial score (nSPS) is 12.0. The fourth-order valence-electron chi connectivity index (χ4n) is 3.29. The minimum Gasteiger partial charge on any atom is -0.497 e. The first kappa shape index (κ1) is 24.0. The van der Waals surface area contributed by atoms with Crippen molar-refractivity contribution in [2.24, 2.45) is 4.99 Å². The summed E-state index contributed by atoms with van der Waals surface area (Å²) < 4.78 is 27.2. The molecule has 170 valence electrons. The first-order valence-corrected chi connectivity index (χ1v) is 9.99. The molecule has 0 fully saturated rings. The number of nitrogens with zero attached hydrogens (tertiary/aromatic N) is 1. The molecule has 0 saturated carbocycles. The summed E-state index contributed by atoms with van der Waals surface area (Å²) in [7, 11) is 9.92. The highest BCUT2D eigenvalue weighted by atomic mass is 16.5. The Morgan fingerprint density at radius 1 is 0.839 bits per heavy atom. The van der Waals surface area contributed by atoms with Gasteiger partial charge in [-0.25, -0.2) is 0 Å². The number of hydrogen-bond acceptors (Lipinski definition) is 6. The fourth-order valence-corrected chi connectivity index (χ4v) is 3.29. The molecule has 0 aliphatic heterocycles. The van der Waals surface area contributed by atoms with Crippen LogP contribution in [0.25, 0.3) is 0 Å². The Hall–Kier alpha value is -3.29. The smallest absolute Gasteiger partial charge is 0.191 e. The molecule has 2 aromatic rings. The molecule has 0 saturated heterocycles. The van der Waals surface area contributed by atoms with E-state index in [4.69, 9.17) is 23.7 Å². The number of ether oxygens (including phenoxy) is 5. The van der Waals surface area contributed by atoms with Crippen molar-refractivity contribution in [3.8, 4) is 28.7 Å². The molecule has 0 aromatic heterocycles. The van der Waals surface area contributed by atoms with Gasteiger partial charge in [-0.2, -0.15) is 0 Å². The standard InChI is InChI=1S/C23H33N3O5/c1-15(19-12-16(27-3)8-9-20(19)29-5)26-23(24-2)25-11-10-18-21(30-6)13-17(28-4)14-22(18)31-7/h8-9,12-15H,10-11H2,1-7H3,(H2,24,25,26). The molecule has 2 rings (SSSR count). The maximum absolute atomic E-state index is 5.52. The zero-order chi connectivity index (χ0) is 22.8. The number of rotatable bonds is 10. The van der Waals surface area contributed by atoms with E-state index in [1.54, 1.807) is 42.6 Å². The van der Waals surface area contributed by atoms with Gasteiger partial charge in [0.05, 0.1) is 41.6 Å². The first-order valence-electron chi connectivity index (χ1n) is 9.99. The van der Waals surface area contributed by atoms with Gasteiger partial charge in [0.25, 0.3) is 0 Å². The molecular formula is C23H33N3O5. The predicted molar refractivity (Wildman–Crippen MR) is 122 cm³/mol. The van der Waals surface area contributed by atoms with E-state index in [1.165, 1.54) is 0 Å². The zero-order valence-corrected chi connectivity index (χ0v) is 19.4. The fraction of sp³-hybridized carbons (Fsp3) is 0.435. The lowest BCUT2D eigenvalue weighted by atomic mass is 10.1. The Balaban J connectivity index is 2.07. The molecule has 1 atom stereocenters. The number of nitrogens with one attached hydrogen (secondary N) is 2. The Morgan fingerprint density at radius 2 is 1.45 bits per heavy atom. The van der Waals surface area contributed by atoms with Crippen LogP contribution in [-0.2, 0) is 6.42 Å². The summed E-state index contributed by atoms with van der Waals surface area (Å²) in [5.41, 5.74) is 1.93. The van der Waals surface area contributed by atoms with Gasteiger partial charge in [0.1, 0.15) is 28.7 Å². The van der Waals surface area contributed by atoms with Crippen LogP contribution in [0.15, 0.2) is 35.3 Å². The molecule has 1 unspecified atom stereocenters. The van der Waals surface area contributed by atoms with Crippen LogP contribution in [0.4, 0.5) is 0 Å². The zero-order valence-electron chi connectivity index (χ0n) is 19.4. The SMILES string of the molecule is CN=C(NCCc1c(OC)cc(OC)cc1OC)NC(C)c1cc(OC)ccc1OC. The largest absolute Gasteiger partial charge is 0.497 e. The molecule has 0 heterocycles. The minimum absolute atomic E-state index is 0.0543. The maximum atomic E-state index is 5.52. The molecule has 0 aliphatic rings. The van der Waals surface area contributed by atoms with Crippen molar-refractivity contribution in [3.63, 3.8) is 0 Å². The van der Waals surface area contributed by atoms with Gasteiger partial charge in [-0.1, -0.05) is 0 Å². The molecule has 0 aliphatic carbocycles. The minimum atomic E-state index is -0.0543. The third-order valence-corrected chi connectivity index (χ3v) is 4.96. The van der Waals surface area contributed by atoms with Crippen LogP contribution in [0.1, 0.15) is 24.1 Å². The third kappa shape index (κ3) is 6.10. The number of hydrogen-bond donors (Lipinski definition) is 2. The quantitative estimate of drug-likeness (QED) is 0.442. The van der Waals surface area contributed by atoms with Crippen LogP contribution in [0.5, 0.6) is 28.7 Å². The Bertz CT molecular complexity index is 861. The van der Waals surface area contributed by atoms with E-state index in [1.807, 2.05) is 37.3 Å². The van der Waals surface area contributed by atoms with E-state index in [9.17, 15) is 0 Å². The number of aliphatic imine (C=N–C) groups is 1. The molecule has 0 amide bonds. The summed E-state index contributed by atoms with van der Waals surface area (Å²) in [6, 6.07) is 9.37. The average Bonchev–Trinajstić information content (AvgIpc) is 2.82. The Kier molecular flexibility index (Phi) is 9.12. The second-order valence-electron chi connectivity index (χ2n) is 6.73. The average molecular weight is 432 g/mol. The van der Waals surface area contributed by atoms with Crippen LogP contribution in [-0.4, -0.2) is 55.1 Å². The summed E-state index contributed by atoms with van der Waals surface area (Å²) in [4.78, 5) is 4.34. The molecule has 2 aromatic carbocycles. The van der Waals surface area contributed by atoms with Gasteiger partial charge in [-0.15, -0.1) is 0 Å². The summed E-state index contributed by atoms with van der Waals surface area (Å²) >= 11 is 0. The van der Waals surface area contributed by atoms with Gasteiger partial charge < -0.3 is 34.3 Å². The second kappa shape index (κ2) is 11.8. The first-order chi connectivity index (χ1) is 15.0. The summed E-state index contributed by atoms with van der Waals surface area (Å²) in [6.45, 7) is 2.67. The molecule has 0 spiro atoms. The topological polar surface area (TPSA) is 82.6 Å². The highest BCUT2D eigenvalue weighted by Crippen LogP contribution is 2.34. The van der Waals surface area contributed by atoms with Gasteiger partial charge in [0.15, 0.2) is 5.96 Å². The summed E-state index contributed by atoms with van der Waals surface area (Å²) in [5.74, 6) is 4.34. The van der Waals surface area contributed by atoms with Crippen LogP contribution in [0.2, 0.25) is 0 Å². The molecule has 8 nitrogen and oxygen atoms in total. The number of guanidine groups is 1. The molecule has 0 radical (unpaired) electrons. The molecular weight excluding hydrogens is 398 g/mol. The van der Waals surface area contributed by atoms with Crippen molar-refractivity contribution in [1.29, 1.82) is 0 Å². The van der Waals surface area contributed by atoms with Crippen LogP contribution in [0, 0.1) is 0 Å².